The van der Waals surface area contributed by atoms with Crippen molar-refractivity contribution >= 4 is 29.4 Å². The Balaban J connectivity index is 2.01. The molecule has 0 aliphatic heterocycles. The van der Waals surface area contributed by atoms with E-state index < -0.39 is 23.3 Å². The molecule has 7 nitrogen and oxygen atoms in total. The fraction of sp³-hybridized carbons (Fsp3) is 0.409. The fourth-order valence-electron chi connectivity index (χ4n) is 2.51. The molecule has 0 aliphatic rings. The number of benzene rings is 1. The SMILES string of the molecule is CC(C)CC(NC(=O)c1ccc(F)cc1)C(=O)Nc1ccc(SNC(C)(C)CO)nc1. The Labute approximate surface area is 186 Å². The van der Waals surface area contributed by atoms with Crippen molar-refractivity contribution < 1.29 is 19.1 Å². The number of nitrogens with zero attached hydrogens (tertiary/aromatic N) is 1. The first-order valence-corrected chi connectivity index (χ1v) is 10.8. The first kappa shape index (κ1) is 24.8. The molecule has 1 aromatic carbocycles. The second-order valence-corrected chi connectivity index (χ2v) is 9.11. The maximum Gasteiger partial charge on any atom is 0.251 e. The van der Waals surface area contributed by atoms with Crippen molar-refractivity contribution in [2.24, 2.45) is 5.92 Å². The summed E-state index contributed by atoms with van der Waals surface area (Å²) in [6.45, 7) is 7.62. The topological polar surface area (TPSA) is 103 Å². The molecule has 9 heteroatoms. The zero-order valence-corrected chi connectivity index (χ0v) is 18.9. The Morgan fingerprint density at radius 2 is 1.84 bits per heavy atom. The van der Waals surface area contributed by atoms with Gasteiger partial charge in [0.1, 0.15) is 16.9 Å². The summed E-state index contributed by atoms with van der Waals surface area (Å²) in [4.78, 5) is 29.6. The summed E-state index contributed by atoms with van der Waals surface area (Å²) in [5.74, 6) is -1.06. The number of carbonyl (C=O) groups excluding carboxylic acids is 2. The maximum atomic E-state index is 13.1. The average molecular weight is 449 g/mol. The van der Waals surface area contributed by atoms with Crippen LogP contribution in [0.4, 0.5) is 10.1 Å². The number of aliphatic hydroxyl groups excluding tert-OH is 1. The number of hydrogen-bond donors (Lipinski definition) is 4. The lowest BCUT2D eigenvalue weighted by Gasteiger charge is -2.22. The van der Waals surface area contributed by atoms with Gasteiger partial charge in [-0.3, -0.25) is 14.3 Å². The van der Waals surface area contributed by atoms with E-state index in [-0.39, 0.29) is 24.0 Å². The van der Waals surface area contributed by atoms with E-state index in [0.717, 1.165) is 0 Å². The van der Waals surface area contributed by atoms with Crippen LogP contribution in [0.1, 0.15) is 44.5 Å². The Hall–Kier alpha value is -2.49. The van der Waals surface area contributed by atoms with Gasteiger partial charge in [-0.2, -0.15) is 0 Å². The predicted octanol–water partition coefficient (Wildman–Crippen LogP) is 3.37. The molecule has 31 heavy (non-hydrogen) atoms. The summed E-state index contributed by atoms with van der Waals surface area (Å²) >= 11 is 1.28. The molecule has 0 radical (unpaired) electrons. The number of carbonyl (C=O) groups is 2. The molecule has 0 aliphatic carbocycles. The van der Waals surface area contributed by atoms with Crippen LogP contribution in [-0.4, -0.2) is 40.1 Å². The highest BCUT2D eigenvalue weighted by atomic mass is 32.2. The first-order chi connectivity index (χ1) is 14.6. The van der Waals surface area contributed by atoms with Crippen molar-refractivity contribution in [1.29, 1.82) is 0 Å². The molecule has 2 amide bonds. The van der Waals surface area contributed by atoms with Crippen molar-refractivity contribution in [2.75, 3.05) is 11.9 Å². The van der Waals surface area contributed by atoms with Gasteiger partial charge in [-0.25, -0.2) is 9.37 Å². The zero-order chi connectivity index (χ0) is 23.0. The Bertz CT molecular complexity index is 873. The highest BCUT2D eigenvalue weighted by molar-refractivity contribution is 7.97. The van der Waals surface area contributed by atoms with Gasteiger partial charge in [0.2, 0.25) is 5.91 Å². The largest absolute Gasteiger partial charge is 0.394 e. The van der Waals surface area contributed by atoms with Gasteiger partial charge < -0.3 is 15.7 Å². The summed E-state index contributed by atoms with van der Waals surface area (Å²) < 4.78 is 16.2. The van der Waals surface area contributed by atoms with E-state index in [9.17, 15) is 19.1 Å². The summed E-state index contributed by atoms with van der Waals surface area (Å²) in [7, 11) is 0. The summed E-state index contributed by atoms with van der Waals surface area (Å²) in [6, 6.07) is 7.87. The lowest BCUT2D eigenvalue weighted by molar-refractivity contribution is -0.118. The molecule has 0 saturated carbocycles. The molecule has 0 spiro atoms. The number of pyridine rings is 1. The Kier molecular flexibility index (Phi) is 8.97. The van der Waals surface area contributed by atoms with E-state index in [0.29, 0.717) is 17.1 Å². The molecular formula is C22H29FN4O3S. The van der Waals surface area contributed by atoms with Crippen LogP contribution in [0.3, 0.4) is 0 Å². The van der Waals surface area contributed by atoms with Gasteiger partial charge >= 0.3 is 0 Å². The van der Waals surface area contributed by atoms with Crippen LogP contribution in [0, 0.1) is 11.7 Å². The maximum absolute atomic E-state index is 13.1. The fourth-order valence-corrected chi connectivity index (χ4v) is 3.20. The molecule has 0 saturated heterocycles. The second kappa shape index (κ2) is 11.2. The van der Waals surface area contributed by atoms with Gasteiger partial charge in [-0.05, 0) is 74.5 Å². The summed E-state index contributed by atoms with van der Waals surface area (Å²) in [5.41, 5.74) is 0.330. The number of halogens is 1. The number of hydrogen-bond acceptors (Lipinski definition) is 6. The van der Waals surface area contributed by atoms with Crippen LogP contribution in [-0.2, 0) is 4.79 Å². The zero-order valence-electron chi connectivity index (χ0n) is 18.1. The molecule has 1 atom stereocenters. The third-order valence-electron chi connectivity index (χ3n) is 4.27. The monoisotopic (exact) mass is 448 g/mol. The van der Waals surface area contributed by atoms with Gasteiger partial charge in [0.15, 0.2) is 0 Å². The average Bonchev–Trinajstić information content (AvgIpc) is 2.73. The van der Waals surface area contributed by atoms with Gasteiger partial charge in [-0.1, -0.05) is 13.8 Å². The van der Waals surface area contributed by atoms with Crippen molar-refractivity contribution in [3.05, 3.63) is 54.0 Å². The molecule has 2 rings (SSSR count). The van der Waals surface area contributed by atoms with Gasteiger partial charge in [0.05, 0.1) is 18.5 Å². The minimum atomic E-state index is -0.751. The van der Waals surface area contributed by atoms with E-state index in [2.05, 4.69) is 20.3 Å². The number of anilines is 1. The van der Waals surface area contributed by atoms with E-state index in [1.165, 1.54) is 42.4 Å². The van der Waals surface area contributed by atoms with Gasteiger partial charge in [-0.15, -0.1) is 0 Å². The van der Waals surface area contributed by atoms with Crippen molar-refractivity contribution in [3.63, 3.8) is 0 Å². The Morgan fingerprint density at radius 1 is 1.16 bits per heavy atom. The highest BCUT2D eigenvalue weighted by Gasteiger charge is 2.23. The van der Waals surface area contributed by atoms with Crippen LogP contribution >= 0.6 is 11.9 Å². The van der Waals surface area contributed by atoms with E-state index in [4.69, 9.17) is 0 Å². The Morgan fingerprint density at radius 3 is 2.39 bits per heavy atom. The van der Waals surface area contributed by atoms with Crippen LogP contribution in [0.25, 0.3) is 0 Å². The molecule has 1 unspecified atom stereocenters. The normalized spacial score (nSPS) is 12.5. The molecule has 168 valence electrons. The minimum absolute atomic E-state index is 0.0188. The van der Waals surface area contributed by atoms with Gasteiger partial charge in [0, 0.05) is 11.1 Å². The predicted molar refractivity (Wildman–Crippen MR) is 120 cm³/mol. The standard InChI is InChI=1S/C22H29FN4O3S/c1-14(2)11-18(26-20(29)15-5-7-16(23)8-6-15)21(30)25-17-9-10-19(24-12-17)31-27-22(3,4)13-28/h5-10,12,14,18,27-28H,11,13H2,1-4H3,(H,25,30)(H,26,29). The van der Waals surface area contributed by atoms with Crippen molar-refractivity contribution in [3.8, 4) is 0 Å². The lowest BCUT2D eigenvalue weighted by atomic mass is 10.0. The molecule has 1 aromatic heterocycles. The second-order valence-electron chi connectivity index (χ2n) is 8.28. The van der Waals surface area contributed by atoms with Crippen LogP contribution in [0.2, 0.25) is 0 Å². The smallest absolute Gasteiger partial charge is 0.251 e. The van der Waals surface area contributed by atoms with Crippen LogP contribution < -0.4 is 15.4 Å². The molecule has 0 fully saturated rings. The van der Waals surface area contributed by atoms with E-state index >= 15 is 0 Å². The number of aromatic nitrogens is 1. The van der Waals surface area contributed by atoms with Crippen LogP contribution in [0.15, 0.2) is 47.6 Å². The van der Waals surface area contributed by atoms with Gasteiger partial charge in [0.25, 0.3) is 5.91 Å². The number of rotatable bonds is 10. The van der Waals surface area contributed by atoms with E-state index in [1.807, 2.05) is 27.7 Å². The first-order valence-electron chi connectivity index (χ1n) is 9.98. The molecule has 0 bridgehead atoms. The highest BCUT2D eigenvalue weighted by Crippen LogP contribution is 2.18. The number of amides is 2. The molecule has 1 heterocycles. The number of aliphatic hydroxyl groups is 1. The minimum Gasteiger partial charge on any atom is -0.394 e. The number of nitrogens with one attached hydrogen (secondary N) is 3. The summed E-state index contributed by atoms with van der Waals surface area (Å²) in [6.07, 6.45) is 1.97. The molecule has 4 N–H and O–H groups in total. The molecule has 2 aromatic rings. The van der Waals surface area contributed by atoms with E-state index in [1.54, 1.807) is 12.1 Å². The van der Waals surface area contributed by atoms with Crippen LogP contribution in [0.5, 0.6) is 0 Å². The third-order valence-corrected chi connectivity index (χ3v) is 5.37. The molecular weight excluding hydrogens is 419 g/mol. The lowest BCUT2D eigenvalue weighted by Crippen LogP contribution is -2.44. The van der Waals surface area contributed by atoms with Crippen molar-refractivity contribution in [2.45, 2.75) is 50.7 Å². The third kappa shape index (κ3) is 8.28. The summed E-state index contributed by atoms with van der Waals surface area (Å²) in [5, 5.41) is 15.5. The van der Waals surface area contributed by atoms with Crippen molar-refractivity contribution in [1.82, 2.24) is 15.0 Å². The quantitative estimate of drug-likeness (QED) is 0.416.